The van der Waals surface area contributed by atoms with E-state index in [0.717, 1.165) is 6.20 Å². The molecule has 1 atom stereocenters. The number of pyridine rings is 1. The van der Waals surface area contributed by atoms with Crippen molar-refractivity contribution in [2.45, 2.75) is 13.0 Å². The lowest BCUT2D eigenvalue weighted by molar-refractivity contribution is -0.608. The smallest absolute Gasteiger partial charge is 0.406 e. The quantitative estimate of drug-likeness (QED) is 0.479. The van der Waals surface area contributed by atoms with Crippen molar-refractivity contribution >= 4 is 17.9 Å². The number of carbonyl (C=O) groups excluding carboxylic acids is 3. The van der Waals surface area contributed by atoms with Crippen molar-refractivity contribution in [2.75, 3.05) is 6.54 Å². The Labute approximate surface area is 144 Å². The number of nitrogens with zero attached hydrogens (tertiary/aromatic N) is 1. The molecule has 0 saturated carbocycles. The number of amides is 3. The zero-order valence-corrected chi connectivity index (χ0v) is 13.5. The van der Waals surface area contributed by atoms with E-state index >= 15 is 0 Å². The van der Waals surface area contributed by atoms with E-state index in [2.05, 4.69) is 10.6 Å². The van der Waals surface area contributed by atoms with Gasteiger partial charge >= 0.3 is 17.7 Å². The normalized spacial score (nSPS) is 11.2. The fraction of sp³-hybridized carbons (Fsp3) is 0.176. The molecule has 0 aliphatic heterocycles. The fourth-order valence-corrected chi connectivity index (χ4v) is 2.04. The van der Waals surface area contributed by atoms with Gasteiger partial charge in [-0.25, -0.2) is 9.59 Å². The Kier molecular flexibility index (Phi) is 6.05. The number of carbonyl (C=O) groups is 3. The Morgan fingerprint density at radius 2 is 1.80 bits per heavy atom. The van der Waals surface area contributed by atoms with Crippen molar-refractivity contribution in [3.05, 3.63) is 71.2 Å². The van der Waals surface area contributed by atoms with Crippen LogP contribution in [0.25, 0.3) is 0 Å². The maximum absolute atomic E-state index is 12.3. The van der Waals surface area contributed by atoms with E-state index in [1.165, 1.54) is 18.2 Å². The number of hydrogen-bond acceptors (Lipinski definition) is 5. The molecular weight excluding hydrogens is 326 g/mol. The van der Waals surface area contributed by atoms with Crippen LogP contribution in [0.3, 0.4) is 0 Å². The Morgan fingerprint density at radius 3 is 2.44 bits per heavy atom. The molecule has 1 aromatic heterocycles. The van der Waals surface area contributed by atoms with Gasteiger partial charge in [0.05, 0.1) is 0 Å². The molecule has 0 bridgehead atoms. The van der Waals surface area contributed by atoms with Crippen LogP contribution in [-0.4, -0.2) is 24.5 Å². The second kappa shape index (κ2) is 8.44. The van der Waals surface area contributed by atoms with Gasteiger partial charge in [0.25, 0.3) is 5.91 Å². The summed E-state index contributed by atoms with van der Waals surface area (Å²) in [6.07, 6.45) is -0.236. The number of nitrogens with one attached hydrogen (secondary N) is 2. The number of ether oxygens (including phenoxy) is 1. The number of benzene rings is 1. The summed E-state index contributed by atoms with van der Waals surface area (Å²) in [6, 6.07) is 11.7. The lowest BCUT2D eigenvalue weighted by Crippen LogP contribution is -2.43. The van der Waals surface area contributed by atoms with E-state index < -0.39 is 24.0 Å². The minimum absolute atomic E-state index is 0.269. The van der Waals surface area contributed by atoms with Gasteiger partial charge in [0.15, 0.2) is 6.20 Å². The van der Waals surface area contributed by atoms with E-state index in [1.807, 2.05) is 0 Å². The largest absolute Gasteiger partial charge is 0.618 e. The SMILES string of the molecule is CCNC(=O)NC(=O)[C@H](OC(=O)c1cccc[n+]1[O-])c1ccccc1. The summed E-state index contributed by atoms with van der Waals surface area (Å²) in [6.45, 7) is 2.02. The standard InChI is InChI=1S/C17H17N3O5/c1-2-18-17(23)19-15(21)14(12-8-4-3-5-9-12)25-16(22)13-10-6-7-11-20(13)24/h3-11,14H,2H2,1H3,(H2,18,19,21,23)/t14-/m1/s1. The molecule has 0 aliphatic carbocycles. The first-order valence-electron chi connectivity index (χ1n) is 7.55. The molecule has 2 rings (SSSR count). The van der Waals surface area contributed by atoms with Gasteiger partial charge in [-0.2, -0.15) is 4.73 Å². The predicted molar refractivity (Wildman–Crippen MR) is 87.2 cm³/mol. The van der Waals surface area contributed by atoms with Gasteiger partial charge in [-0.15, -0.1) is 0 Å². The first kappa shape index (κ1) is 17.9. The fourth-order valence-electron chi connectivity index (χ4n) is 2.04. The summed E-state index contributed by atoms with van der Waals surface area (Å²) in [7, 11) is 0. The average molecular weight is 343 g/mol. The van der Waals surface area contributed by atoms with Gasteiger partial charge in [-0.3, -0.25) is 10.1 Å². The van der Waals surface area contributed by atoms with Gasteiger partial charge in [0.1, 0.15) is 0 Å². The zero-order valence-electron chi connectivity index (χ0n) is 13.5. The van der Waals surface area contributed by atoms with Gasteiger partial charge in [-0.05, 0) is 13.0 Å². The van der Waals surface area contributed by atoms with Crippen LogP contribution in [0.5, 0.6) is 0 Å². The third-order valence-electron chi connectivity index (χ3n) is 3.17. The highest BCUT2D eigenvalue weighted by Crippen LogP contribution is 2.19. The molecule has 8 heteroatoms. The van der Waals surface area contributed by atoms with Crippen LogP contribution in [0.2, 0.25) is 0 Å². The molecule has 0 radical (unpaired) electrons. The molecule has 0 fully saturated rings. The van der Waals surface area contributed by atoms with Crippen molar-refractivity contribution in [3.63, 3.8) is 0 Å². The van der Waals surface area contributed by atoms with Crippen molar-refractivity contribution in [2.24, 2.45) is 0 Å². The lowest BCUT2D eigenvalue weighted by atomic mass is 10.1. The Morgan fingerprint density at radius 1 is 1.12 bits per heavy atom. The number of hydrogen-bond donors (Lipinski definition) is 2. The molecule has 130 valence electrons. The van der Waals surface area contributed by atoms with Crippen LogP contribution < -0.4 is 15.4 Å². The maximum atomic E-state index is 12.3. The minimum atomic E-state index is -1.38. The van der Waals surface area contributed by atoms with Crippen LogP contribution >= 0.6 is 0 Å². The molecule has 3 amide bonds. The molecule has 25 heavy (non-hydrogen) atoms. The highest BCUT2D eigenvalue weighted by Gasteiger charge is 2.29. The van der Waals surface area contributed by atoms with Crippen LogP contribution in [0.15, 0.2) is 54.7 Å². The van der Waals surface area contributed by atoms with Crippen molar-refractivity contribution in [1.29, 1.82) is 0 Å². The average Bonchev–Trinajstić information content (AvgIpc) is 2.60. The zero-order chi connectivity index (χ0) is 18.2. The first-order valence-corrected chi connectivity index (χ1v) is 7.55. The second-order valence-electron chi connectivity index (χ2n) is 4.96. The van der Waals surface area contributed by atoms with Crippen LogP contribution in [0.1, 0.15) is 29.1 Å². The van der Waals surface area contributed by atoms with Crippen LogP contribution in [0.4, 0.5) is 4.79 Å². The van der Waals surface area contributed by atoms with E-state index in [-0.39, 0.29) is 5.69 Å². The maximum Gasteiger partial charge on any atom is 0.406 e. The molecule has 0 spiro atoms. The Hall–Kier alpha value is -3.42. The summed E-state index contributed by atoms with van der Waals surface area (Å²) in [5.74, 6) is -1.80. The van der Waals surface area contributed by atoms with Crippen molar-refractivity contribution in [3.8, 4) is 0 Å². The van der Waals surface area contributed by atoms with Gasteiger partial charge in [0, 0.05) is 24.2 Å². The number of imide groups is 1. The molecule has 8 nitrogen and oxygen atoms in total. The Balaban J connectivity index is 2.23. The summed E-state index contributed by atoms with van der Waals surface area (Å²) in [4.78, 5) is 36.1. The number of esters is 1. The summed E-state index contributed by atoms with van der Waals surface area (Å²) in [5.41, 5.74) is 0.0975. The third kappa shape index (κ3) is 4.77. The van der Waals surface area contributed by atoms with Crippen LogP contribution in [-0.2, 0) is 9.53 Å². The van der Waals surface area contributed by atoms with E-state index in [9.17, 15) is 19.6 Å². The number of rotatable bonds is 5. The molecule has 2 aromatic rings. The van der Waals surface area contributed by atoms with Gasteiger partial charge in [-0.1, -0.05) is 30.3 Å². The highest BCUT2D eigenvalue weighted by molar-refractivity contribution is 5.98. The van der Waals surface area contributed by atoms with E-state index in [1.54, 1.807) is 37.3 Å². The summed E-state index contributed by atoms with van der Waals surface area (Å²) >= 11 is 0. The summed E-state index contributed by atoms with van der Waals surface area (Å²) in [5, 5.41) is 16.2. The minimum Gasteiger partial charge on any atom is -0.618 e. The third-order valence-corrected chi connectivity index (χ3v) is 3.17. The van der Waals surface area contributed by atoms with E-state index in [4.69, 9.17) is 4.74 Å². The molecule has 1 heterocycles. The molecule has 1 aromatic carbocycles. The van der Waals surface area contributed by atoms with Crippen molar-refractivity contribution in [1.82, 2.24) is 10.6 Å². The number of aromatic nitrogens is 1. The first-order chi connectivity index (χ1) is 12.0. The molecular formula is C17H17N3O5. The number of urea groups is 1. The highest BCUT2D eigenvalue weighted by atomic mass is 16.6. The topological polar surface area (TPSA) is 111 Å². The molecule has 2 N–H and O–H groups in total. The monoisotopic (exact) mass is 343 g/mol. The Bertz CT molecular complexity index is 764. The molecule has 0 aliphatic rings. The second-order valence-corrected chi connectivity index (χ2v) is 4.96. The predicted octanol–water partition coefficient (Wildman–Crippen LogP) is 1.06. The molecule has 0 saturated heterocycles. The van der Waals surface area contributed by atoms with E-state index in [0.29, 0.717) is 16.8 Å². The van der Waals surface area contributed by atoms with Gasteiger partial charge < -0.3 is 15.3 Å². The lowest BCUT2D eigenvalue weighted by Gasteiger charge is -2.17. The van der Waals surface area contributed by atoms with Crippen molar-refractivity contribution < 1.29 is 23.9 Å². The summed E-state index contributed by atoms with van der Waals surface area (Å²) < 4.78 is 5.53. The molecule has 0 unspecified atom stereocenters. The van der Waals surface area contributed by atoms with Gasteiger partial charge in [0.2, 0.25) is 6.10 Å². The van der Waals surface area contributed by atoms with Crippen LogP contribution in [0, 0.1) is 5.21 Å².